The maximum absolute atomic E-state index is 12.7. The van der Waals surface area contributed by atoms with Crippen molar-refractivity contribution in [3.63, 3.8) is 0 Å². The molecule has 28 heavy (non-hydrogen) atoms. The summed E-state index contributed by atoms with van der Waals surface area (Å²) in [6.07, 6.45) is 0.0398. The minimum absolute atomic E-state index is 0.0398. The lowest BCUT2D eigenvalue weighted by Crippen LogP contribution is -2.33. The molecular weight excluding hydrogens is 374 g/mol. The van der Waals surface area contributed by atoms with E-state index in [0.717, 1.165) is 5.69 Å². The highest BCUT2D eigenvalue weighted by molar-refractivity contribution is 8.15. The van der Waals surface area contributed by atoms with Crippen molar-refractivity contribution in [2.75, 3.05) is 11.9 Å². The van der Waals surface area contributed by atoms with E-state index in [2.05, 4.69) is 10.3 Å². The number of nitrogens with zero attached hydrogens (tertiary/aromatic N) is 2. The largest absolute Gasteiger partial charge is 0.326 e. The molecule has 1 saturated heterocycles. The standard InChI is InChI=1S/C21H21N3O3S/c1-3-24-20(27)18(28-21(24)23-16-9-5-4-6-10-16)13-19(26)22-17-11-7-8-15(12-17)14(2)25/h4-12,18H,3,13H2,1-2H3,(H,22,26). The van der Waals surface area contributed by atoms with Crippen LogP contribution in [0.25, 0.3) is 0 Å². The Hall–Kier alpha value is -2.93. The summed E-state index contributed by atoms with van der Waals surface area (Å²) >= 11 is 1.30. The van der Waals surface area contributed by atoms with Crippen LogP contribution < -0.4 is 5.32 Å². The normalized spacial score (nSPS) is 17.8. The average molecular weight is 395 g/mol. The number of aliphatic imine (C=N–C) groups is 1. The van der Waals surface area contributed by atoms with Gasteiger partial charge in [-0.2, -0.15) is 0 Å². The van der Waals surface area contributed by atoms with Gasteiger partial charge in [-0.25, -0.2) is 4.99 Å². The third kappa shape index (κ3) is 4.67. The van der Waals surface area contributed by atoms with Gasteiger partial charge in [0.1, 0.15) is 5.25 Å². The van der Waals surface area contributed by atoms with E-state index in [1.54, 1.807) is 29.2 Å². The van der Waals surface area contributed by atoms with Crippen LogP contribution in [0.1, 0.15) is 30.6 Å². The summed E-state index contributed by atoms with van der Waals surface area (Å²) in [5, 5.41) is 2.86. The fourth-order valence-electron chi connectivity index (χ4n) is 2.83. The Morgan fingerprint density at radius 1 is 1.14 bits per heavy atom. The summed E-state index contributed by atoms with van der Waals surface area (Å²) in [6.45, 7) is 3.85. The molecule has 0 aromatic heterocycles. The van der Waals surface area contributed by atoms with E-state index in [9.17, 15) is 14.4 Å². The number of rotatable bonds is 6. The molecule has 1 aliphatic rings. The molecule has 2 amide bonds. The van der Waals surface area contributed by atoms with Crippen molar-refractivity contribution in [1.82, 2.24) is 4.90 Å². The number of ketones is 1. The van der Waals surface area contributed by atoms with Crippen molar-refractivity contribution in [2.45, 2.75) is 25.5 Å². The number of amidine groups is 1. The van der Waals surface area contributed by atoms with E-state index in [0.29, 0.717) is 23.0 Å². The number of para-hydroxylation sites is 1. The zero-order valence-corrected chi connectivity index (χ0v) is 16.5. The Morgan fingerprint density at radius 2 is 1.89 bits per heavy atom. The Balaban J connectivity index is 1.69. The number of Topliss-reactive ketones (excluding diaryl/α,β-unsaturated/α-hetero) is 1. The monoisotopic (exact) mass is 395 g/mol. The lowest BCUT2D eigenvalue weighted by atomic mass is 10.1. The number of carbonyl (C=O) groups excluding carboxylic acids is 3. The summed E-state index contributed by atoms with van der Waals surface area (Å²) in [5.74, 6) is -0.462. The van der Waals surface area contributed by atoms with Crippen molar-refractivity contribution < 1.29 is 14.4 Å². The molecule has 7 heteroatoms. The van der Waals surface area contributed by atoms with Crippen LogP contribution in [-0.4, -0.2) is 39.5 Å². The molecule has 1 heterocycles. The van der Waals surface area contributed by atoms with Crippen LogP contribution in [0, 0.1) is 0 Å². The maximum atomic E-state index is 12.7. The Labute approximate surface area is 168 Å². The fraction of sp³-hybridized carbons (Fsp3) is 0.238. The summed E-state index contributed by atoms with van der Waals surface area (Å²) in [7, 11) is 0. The van der Waals surface area contributed by atoms with Crippen molar-refractivity contribution in [1.29, 1.82) is 0 Å². The predicted octanol–water partition coefficient (Wildman–Crippen LogP) is 3.87. The molecular formula is C21H21N3O3S. The smallest absolute Gasteiger partial charge is 0.242 e. The number of thioether (sulfide) groups is 1. The number of carbonyl (C=O) groups is 3. The molecule has 1 N–H and O–H groups in total. The molecule has 0 aliphatic carbocycles. The number of hydrogen-bond acceptors (Lipinski definition) is 5. The second-order valence-electron chi connectivity index (χ2n) is 6.31. The number of anilines is 1. The molecule has 6 nitrogen and oxygen atoms in total. The number of benzene rings is 2. The van der Waals surface area contributed by atoms with Crippen molar-refractivity contribution in [2.24, 2.45) is 4.99 Å². The van der Waals surface area contributed by atoms with Gasteiger partial charge in [-0.15, -0.1) is 0 Å². The van der Waals surface area contributed by atoms with Gasteiger partial charge in [0.25, 0.3) is 0 Å². The van der Waals surface area contributed by atoms with Gasteiger partial charge in [-0.1, -0.05) is 42.1 Å². The maximum Gasteiger partial charge on any atom is 0.242 e. The van der Waals surface area contributed by atoms with Crippen LogP contribution in [0.4, 0.5) is 11.4 Å². The van der Waals surface area contributed by atoms with Crippen LogP contribution in [0.15, 0.2) is 59.6 Å². The topological polar surface area (TPSA) is 78.8 Å². The van der Waals surface area contributed by atoms with Gasteiger partial charge in [0.05, 0.1) is 5.69 Å². The van der Waals surface area contributed by atoms with Gasteiger partial charge >= 0.3 is 0 Å². The fourth-order valence-corrected chi connectivity index (χ4v) is 4.05. The first kappa shape index (κ1) is 19.8. The first-order valence-corrected chi connectivity index (χ1v) is 9.88. The molecule has 1 fully saturated rings. The second-order valence-corrected chi connectivity index (χ2v) is 7.48. The quantitative estimate of drug-likeness (QED) is 0.753. The van der Waals surface area contributed by atoms with Crippen molar-refractivity contribution in [3.8, 4) is 0 Å². The molecule has 0 bridgehead atoms. The molecule has 0 saturated carbocycles. The van der Waals surface area contributed by atoms with Crippen LogP contribution in [0.3, 0.4) is 0 Å². The van der Waals surface area contributed by atoms with Gasteiger partial charge < -0.3 is 5.32 Å². The zero-order valence-electron chi connectivity index (χ0n) is 15.7. The Morgan fingerprint density at radius 3 is 2.57 bits per heavy atom. The van der Waals surface area contributed by atoms with Crippen LogP contribution in [0.2, 0.25) is 0 Å². The van der Waals surface area contributed by atoms with Gasteiger partial charge in [0.15, 0.2) is 11.0 Å². The molecule has 0 radical (unpaired) electrons. The minimum Gasteiger partial charge on any atom is -0.326 e. The summed E-state index contributed by atoms with van der Waals surface area (Å²) < 4.78 is 0. The molecule has 3 rings (SSSR count). The van der Waals surface area contributed by atoms with Crippen LogP contribution in [-0.2, 0) is 9.59 Å². The van der Waals surface area contributed by atoms with E-state index in [-0.39, 0.29) is 24.0 Å². The minimum atomic E-state index is -0.515. The van der Waals surface area contributed by atoms with E-state index in [1.165, 1.54) is 18.7 Å². The van der Waals surface area contributed by atoms with E-state index in [1.807, 2.05) is 37.3 Å². The molecule has 1 aliphatic heterocycles. The molecule has 1 atom stereocenters. The lowest BCUT2D eigenvalue weighted by molar-refractivity contribution is -0.128. The molecule has 2 aromatic rings. The first-order chi connectivity index (χ1) is 13.5. The van der Waals surface area contributed by atoms with Crippen LogP contribution >= 0.6 is 11.8 Å². The van der Waals surface area contributed by atoms with Gasteiger partial charge in [-0.05, 0) is 38.1 Å². The molecule has 1 unspecified atom stereocenters. The highest BCUT2D eigenvalue weighted by Crippen LogP contribution is 2.31. The highest BCUT2D eigenvalue weighted by atomic mass is 32.2. The molecule has 144 valence electrons. The zero-order chi connectivity index (χ0) is 20.1. The Bertz CT molecular complexity index is 928. The van der Waals surface area contributed by atoms with Crippen molar-refractivity contribution in [3.05, 3.63) is 60.2 Å². The summed E-state index contributed by atoms with van der Waals surface area (Å²) in [4.78, 5) is 42.7. The van der Waals surface area contributed by atoms with E-state index in [4.69, 9.17) is 0 Å². The summed E-state index contributed by atoms with van der Waals surface area (Å²) in [5.41, 5.74) is 1.83. The molecule has 2 aromatic carbocycles. The first-order valence-electron chi connectivity index (χ1n) is 9.00. The Kier molecular flexibility index (Phi) is 6.26. The van der Waals surface area contributed by atoms with E-state index < -0.39 is 5.25 Å². The lowest BCUT2D eigenvalue weighted by Gasteiger charge is -2.13. The second kappa shape index (κ2) is 8.84. The highest BCUT2D eigenvalue weighted by Gasteiger charge is 2.38. The number of nitrogens with one attached hydrogen (secondary N) is 1. The van der Waals surface area contributed by atoms with Gasteiger partial charge in [0, 0.05) is 24.2 Å². The van der Waals surface area contributed by atoms with E-state index >= 15 is 0 Å². The van der Waals surface area contributed by atoms with Gasteiger partial charge in [-0.3, -0.25) is 19.3 Å². The predicted molar refractivity (Wildman–Crippen MR) is 112 cm³/mol. The molecule has 0 spiro atoms. The average Bonchev–Trinajstić information content (AvgIpc) is 2.96. The number of hydrogen-bond donors (Lipinski definition) is 1. The van der Waals surface area contributed by atoms with Crippen LogP contribution in [0.5, 0.6) is 0 Å². The SMILES string of the molecule is CCN1C(=O)C(CC(=O)Nc2cccc(C(C)=O)c2)SC1=Nc1ccccc1. The number of amides is 2. The third-order valence-electron chi connectivity index (χ3n) is 4.24. The van der Waals surface area contributed by atoms with Gasteiger partial charge in [0.2, 0.25) is 11.8 Å². The van der Waals surface area contributed by atoms with Crippen molar-refractivity contribution >= 4 is 45.9 Å². The summed E-state index contributed by atoms with van der Waals surface area (Å²) in [6, 6.07) is 16.2. The third-order valence-corrected chi connectivity index (χ3v) is 5.42.